The van der Waals surface area contributed by atoms with Gasteiger partial charge in [0, 0.05) is 25.2 Å². The highest BCUT2D eigenvalue weighted by Crippen LogP contribution is 2.15. The lowest BCUT2D eigenvalue weighted by atomic mass is 10.1. The Kier molecular flexibility index (Phi) is 7.51. The highest BCUT2D eigenvalue weighted by molar-refractivity contribution is 14.0. The van der Waals surface area contributed by atoms with Crippen LogP contribution in [0.4, 0.5) is 0 Å². The standard InChI is InChI=1S/C15H25N3O2.HI/c1-4-16-15(18-7-5-14(19)6-8-18)17-10-13-9-11(2)20-12(13)3;/h9,14,19H,4-8,10H2,1-3H3,(H,16,17);1H. The molecule has 0 aliphatic carbocycles. The summed E-state index contributed by atoms with van der Waals surface area (Å²) in [5.41, 5.74) is 1.13. The topological polar surface area (TPSA) is 61.0 Å². The molecule has 1 aromatic heterocycles. The zero-order valence-electron chi connectivity index (χ0n) is 13.1. The van der Waals surface area contributed by atoms with Crippen LogP contribution in [0.5, 0.6) is 0 Å². The molecule has 0 saturated carbocycles. The van der Waals surface area contributed by atoms with E-state index in [9.17, 15) is 5.11 Å². The third kappa shape index (κ3) is 5.18. The molecule has 2 N–H and O–H groups in total. The Balaban J connectivity index is 0.00000220. The third-order valence-electron chi connectivity index (χ3n) is 3.64. The van der Waals surface area contributed by atoms with E-state index in [0.29, 0.717) is 6.54 Å². The molecule has 0 amide bonds. The van der Waals surface area contributed by atoms with Crippen molar-refractivity contribution in [2.45, 2.75) is 46.3 Å². The molecule has 2 rings (SSSR count). The number of nitrogens with one attached hydrogen (secondary N) is 1. The van der Waals surface area contributed by atoms with Crippen LogP contribution < -0.4 is 5.32 Å². The monoisotopic (exact) mass is 407 g/mol. The van der Waals surface area contributed by atoms with Gasteiger partial charge in [-0.3, -0.25) is 0 Å². The van der Waals surface area contributed by atoms with Gasteiger partial charge in [-0.2, -0.15) is 0 Å². The third-order valence-corrected chi connectivity index (χ3v) is 3.64. The van der Waals surface area contributed by atoms with Gasteiger partial charge in [0.05, 0.1) is 12.6 Å². The fourth-order valence-corrected chi connectivity index (χ4v) is 2.50. The smallest absolute Gasteiger partial charge is 0.194 e. The first-order chi connectivity index (χ1) is 9.60. The second kappa shape index (κ2) is 8.63. The molecule has 0 radical (unpaired) electrons. The van der Waals surface area contributed by atoms with Crippen LogP contribution in [-0.4, -0.2) is 41.7 Å². The molecule has 1 aliphatic heterocycles. The number of aliphatic hydroxyl groups is 1. The number of nitrogens with zero attached hydrogens (tertiary/aromatic N) is 2. The molecule has 0 aromatic carbocycles. The number of aliphatic imine (C=N–C) groups is 1. The SMILES string of the molecule is CCNC(=NCc1cc(C)oc1C)N1CCC(O)CC1.I. The van der Waals surface area contributed by atoms with Crippen molar-refractivity contribution in [3.8, 4) is 0 Å². The number of likely N-dealkylation sites (tertiary alicyclic amines) is 1. The molecule has 120 valence electrons. The van der Waals surface area contributed by atoms with Crippen molar-refractivity contribution < 1.29 is 9.52 Å². The first kappa shape index (κ1) is 18.3. The van der Waals surface area contributed by atoms with Crippen LogP contribution in [-0.2, 0) is 6.54 Å². The predicted octanol–water partition coefficient (Wildman–Crippen LogP) is 2.44. The number of furan rings is 1. The maximum Gasteiger partial charge on any atom is 0.194 e. The highest BCUT2D eigenvalue weighted by Gasteiger charge is 2.19. The van der Waals surface area contributed by atoms with E-state index >= 15 is 0 Å². The van der Waals surface area contributed by atoms with Gasteiger partial charge in [-0.1, -0.05) is 0 Å². The normalized spacial score (nSPS) is 16.8. The number of rotatable bonds is 3. The van der Waals surface area contributed by atoms with Crippen molar-refractivity contribution in [2.75, 3.05) is 19.6 Å². The lowest BCUT2D eigenvalue weighted by Crippen LogP contribution is -2.46. The molecule has 0 unspecified atom stereocenters. The highest BCUT2D eigenvalue weighted by atomic mass is 127. The molecule has 21 heavy (non-hydrogen) atoms. The van der Waals surface area contributed by atoms with E-state index in [1.165, 1.54) is 0 Å². The van der Waals surface area contributed by atoms with E-state index < -0.39 is 0 Å². The maximum absolute atomic E-state index is 9.59. The molecule has 0 spiro atoms. The number of hydrogen-bond acceptors (Lipinski definition) is 3. The van der Waals surface area contributed by atoms with Gasteiger partial charge in [-0.15, -0.1) is 24.0 Å². The first-order valence-electron chi connectivity index (χ1n) is 7.37. The maximum atomic E-state index is 9.59. The Morgan fingerprint density at radius 3 is 2.62 bits per heavy atom. The fraction of sp³-hybridized carbons (Fsp3) is 0.667. The zero-order chi connectivity index (χ0) is 14.5. The Bertz CT molecular complexity index is 465. The quantitative estimate of drug-likeness (QED) is 0.459. The van der Waals surface area contributed by atoms with Crippen LogP contribution in [0.3, 0.4) is 0 Å². The van der Waals surface area contributed by atoms with Gasteiger partial charge in [-0.05, 0) is 39.7 Å². The van der Waals surface area contributed by atoms with Crippen molar-refractivity contribution in [1.29, 1.82) is 0 Å². The van der Waals surface area contributed by atoms with Gasteiger partial charge in [0.25, 0.3) is 0 Å². The Labute approximate surface area is 143 Å². The summed E-state index contributed by atoms with van der Waals surface area (Å²) in [5.74, 6) is 2.80. The summed E-state index contributed by atoms with van der Waals surface area (Å²) in [4.78, 5) is 6.92. The average Bonchev–Trinajstić information content (AvgIpc) is 2.74. The molecule has 0 bridgehead atoms. The van der Waals surface area contributed by atoms with Crippen molar-refractivity contribution >= 4 is 29.9 Å². The van der Waals surface area contributed by atoms with E-state index in [1.807, 2.05) is 19.9 Å². The molecule has 1 aromatic rings. The van der Waals surface area contributed by atoms with Gasteiger partial charge in [0.15, 0.2) is 5.96 Å². The summed E-state index contributed by atoms with van der Waals surface area (Å²) in [6.07, 6.45) is 1.47. The second-order valence-corrected chi connectivity index (χ2v) is 5.33. The number of hydrogen-bond donors (Lipinski definition) is 2. The Morgan fingerprint density at radius 2 is 2.10 bits per heavy atom. The van der Waals surface area contributed by atoms with Crippen LogP contribution >= 0.6 is 24.0 Å². The number of guanidine groups is 1. The van der Waals surface area contributed by atoms with Crippen LogP contribution in [0.25, 0.3) is 0 Å². The van der Waals surface area contributed by atoms with Gasteiger partial charge < -0.3 is 19.7 Å². The minimum Gasteiger partial charge on any atom is -0.466 e. The molecule has 5 nitrogen and oxygen atoms in total. The number of piperidine rings is 1. The Morgan fingerprint density at radius 1 is 1.43 bits per heavy atom. The lowest BCUT2D eigenvalue weighted by Gasteiger charge is -2.32. The van der Waals surface area contributed by atoms with Gasteiger partial charge in [0.1, 0.15) is 11.5 Å². The van der Waals surface area contributed by atoms with Crippen molar-refractivity contribution in [2.24, 2.45) is 4.99 Å². The van der Waals surface area contributed by atoms with Gasteiger partial charge in [0.2, 0.25) is 0 Å². The van der Waals surface area contributed by atoms with E-state index in [1.54, 1.807) is 0 Å². The Hall–Kier alpha value is -0.760. The molecule has 2 heterocycles. The molecule has 1 fully saturated rings. The van der Waals surface area contributed by atoms with Crippen LogP contribution in [0, 0.1) is 13.8 Å². The summed E-state index contributed by atoms with van der Waals surface area (Å²) in [5, 5.41) is 12.9. The van der Waals surface area contributed by atoms with Gasteiger partial charge in [-0.25, -0.2) is 4.99 Å². The van der Waals surface area contributed by atoms with Crippen LogP contribution in [0.2, 0.25) is 0 Å². The minimum atomic E-state index is -0.159. The van der Waals surface area contributed by atoms with Crippen molar-refractivity contribution in [3.05, 3.63) is 23.2 Å². The fourth-order valence-electron chi connectivity index (χ4n) is 2.50. The molecule has 6 heteroatoms. The minimum absolute atomic E-state index is 0. The summed E-state index contributed by atoms with van der Waals surface area (Å²) >= 11 is 0. The predicted molar refractivity (Wildman–Crippen MR) is 95.2 cm³/mol. The van der Waals surface area contributed by atoms with Crippen LogP contribution in [0.15, 0.2) is 15.5 Å². The molecule has 1 aliphatic rings. The summed E-state index contributed by atoms with van der Waals surface area (Å²) in [7, 11) is 0. The van der Waals surface area contributed by atoms with Crippen LogP contribution in [0.1, 0.15) is 36.8 Å². The molecule has 1 saturated heterocycles. The average molecular weight is 407 g/mol. The van der Waals surface area contributed by atoms with E-state index in [0.717, 1.165) is 55.5 Å². The lowest BCUT2D eigenvalue weighted by molar-refractivity contribution is 0.108. The molecular weight excluding hydrogens is 381 g/mol. The van der Waals surface area contributed by atoms with Crippen molar-refractivity contribution in [1.82, 2.24) is 10.2 Å². The van der Waals surface area contributed by atoms with Gasteiger partial charge >= 0.3 is 0 Å². The van der Waals surface area contributed by atoms with E-state index in [4.69, 9.17) is 9.41 Å². The first-order valence-corrected chi connectivity index (χ1v) is 7.37. The van der Waals surface area contributed by atoms with Crippen molar-refractivity contribution in [3.63, 3.8) is 0 Å². The largest absolute Gasteiger partial charge is 0.466 e. The summed E-state index contributed by atoms with van der Waals surface area (Å²) in [6.45, 7) is 9.19. The molecular formula is C15H26IN3O2. The van der Waals surface area contributed by atoms with E-state index in [2.05, 4.69) is 17.1 Å². The zero-order valence-corrected chi connectivity index (χ0v) is 15.4. The summed E-state index contributed by atoms with van der Waals surface area (Å²) in [6, 6.07) is 2.04. The molecule has 0 atom stereocenters. The number of aliphatic hydroxyl groups excluding tert-OH is 1. The number of halogens is 1. The summed E-state index contributed by atoms with van der Waals surface area (Å²) < 4.78 is 5.53. The number of aryl methyl sites for hydroxylation is 2. The van der Waals surface area contributed by atoms with E-state index in [-0.39, 0.29) is 30.1 Å². The second-order valence-electron chi connectivity index (χ2n) is 5.33.